The molecule has 3 N–H and O–H groups in total. The van der Waals surface area contributed by atoms with Gasteiger partial charge in [-0.3, -0.25) is 4.79 Å². The van der Waals surface area contributed by atoms with Crippen LogP contribution in [0.1, 0.15) is 29.7 Å². The molecule has 3 aromatic rings. The van der Waals surface area contributed by atoms with E-state index >= 15 is 0 Å². The van der Waals surface area contributed by atoms with Gasteiger partial charge in [0.1, 0.15) is 16.6 Å². The number of anilines is 2. The van der Waals surface area contributed by atoms with Crippen molar-refractivity contribution < 1.29 is 18.7 Å². The molecule has 2 aromatic carbocycles. The van der Waals surface area contributed by atoms with Gasteiger partial charge in [-0.1, -0.05) is 36.0 Å². The zero-order valence-corrected chi connectivity index (χ0v) is 22.4. The number of allylic oxidation sites excluding steroid dienone is 1. The average molecular weight is 529 g/mol. The van der Waals surface area contributed by atoms with Gasteiger partial charge >= 0.3 is 6.03 Å². The van der Waals surface area contributed by atoms with Crippen LogP contribution in [-0.2, 0) is 4.79 Å². The van der Waals surface area contributed by atoms with Crippen molar-refractivity contribution in [2.75, 3.05) is 23.5 Å². The molecule has 3 heterocycles. The van der Waals surface area contributed by atoms with Gasteiger partial charge in [0.25, 0.3) is 5.91 Å². The standard InChI is InChI=1S/C29H28N4O4S/c1-16-9-7-11-19(17(16)2)32-29(35)33-21-15-38-28-25(21)26(23-13-8-14-37-23)24(18(3)30-28)27(34)31-20-10-5-6-12-22(20)36-4/h5-14,26H,15H2,1-4H3,(H,31,34)(H2,32,33,35). The van der Waals surface area contributed by atoms with Gasteiger partial charge in [-0.25, -0.2) is 9.79 Å². The molecule has 1 unspecified atom stereocenters. The number of carbonyl (C=O) groups is 2. The molecule has 0 bridgehead atoms. The highest BCUT2D eigenvalue weighted by Crippen LogP contribution is 2.46. The van der Waals surface area contributed by atoms with E-state index in [0.717, 1.165) is 27.4 Å². The normalized spacial score (nSPS) is 16.6. The number of hydrogen-bond acceptors (Lipinski definition) is 6. The third-order valence-electron chi connectivity index (χ3n) is 6.69. The molecule has 3 amide bonds. The zero-order valence-electron chi connectivity index (χ0n) is 21.5. The van der Waals surface area contributed by atoms with Crippen LogP contribution in [0.25, 0.3) is 0 Å². The van der Waals surface area contributed by atoms with Gasteiger partial charge in [0.15, 0.2) is 0 Å². The summed E-state index contributed by atoms with van der Waals surface area (Å²) in [5, 5.41) is 9.70. The Morgan fingerprint density at radius 2 is 1.76 bits per heavy atom. The van der Waals surface area contributed by atoms with Crippen molar-refractivity contribution in [3.8, 4) is 5.75 Å². The Bertz CT molecular complexity index is 1500. The molecule has 38 heavy (non-hydrogen) atoms. The number of urea groups is 1. The summed E-state index contributed by atoms with van der Waals surface area (Å²) in [5.41, 5.74) is 5.87. The van der Waals surface area contributed by atoms with E-state index in [0.29, 0.717) is 39.9 Å². The summed E-state index contributed by atoms with van der Waals surface area (Å²) in [6, 6.07) is 16.3. The van der Waals surface area contributed by atoms with Gasteiger partial charge in [-0.05, 0) is 62.2 Å². The van der Waals surface area contributed by atoms with Gasteiger partial charge in [-0.2, -0.15) is 0 Å². The quantitative estimate of drug-likeness (QED) is 0.357. The van der Waals surface area contributed by atoms with Crippen LogP contribution in [0.15, 0.2) is 92.8 Å². The van der Waals surface area contributed by atoms with Gasteiger partial charge < -0.3 is 25.1 Å². The van der Waals surface area contributed by atoms with Gasteiger partial charge in [0.05, 0.1) is 30.6 Å². The topological polar surface area (TPSA) is 105 Å². The summed E-state index contributed by atoms with van der Waals surface area (Å²) < 4.78 is 11.2. The summed E-state index contributed by atoms with van der Waals surface area (Å²) in [6.07, 6.45) is 1.58. The van der Waals surface area contributed by atoms with Crippen LogP contribution in [0, 0.1) is 13.8 Å². The number of aliphatic imine (C=N–C) groups is 1. The summed E-state index contributed by atoms with van der Waals surface area (Å²) >= 11 is 1.52. The first-order valence-electron chi connectivity index (χ1n) is 12.1. The van der Waals surface area contributed by atoms with Crippen molar-refractivity contribution in [2.24, 2.45) is 4.99 Å². The predicted octanol–water partition coefficient (Wildman–Crippen LogP) is 6.14. The molecule has 0 radical (unpaired) electrons. The van der Waals surface area contributed by atoms with Crippen molar-refractivity contribution in [2.45, 2.75) is 26.7 Å². The number of para-hydroxylation sites is 2. The first-order valence-corrected chi connectivity index (χ1v) is 13.1. The molecular weight excluding hydrogens is 500 g/mol. The molecular formula is C29H28N4O4S. The molecule has 9 heteroatoms. The Kier molecular flexibility index (Phi) is 7.11. The molecule has 0 fully saturated rings. The second-order valence-corrected chi connectivity index (χ2v) is 9.99. The third-order valence-corrected chi connectivity index (χ3v) is 7.71. The maximum Gasteiger partial charge on any atom is 0.323 e. The fourth-order valence-corrected chi connectivity index (χ4v) is 5.74. The number of carbonyl (C=O) groups excluding carboxylic acids is 2. The molecule has 0 spiro atoms. The molecule has 0 saturated carbocycles. The number of hydrogen-bond donors (Lipinski definition) is 3. The number of rotatable bonds is 6. The Balaban J connectivity index is 1.50. The van der Waals surface area contributed by atoms with Gasteiger partial charge in [0.2, 0.25) is 0 Å². The molecule has 1 aromatic heterocycles. The van der Waals surface area contributed by atoms with E-state index in [-0.39, 0.29) is 11.9 Å². The van der Waals surface area contributed by atoms with Crippen LogP contribution in [0.5, 0.6) is 5.75 Å². The maximum absolute atomic E-state index is 13.7. The van der Waals surface area contributed by atoms with Crippen molar-refractivity contribution in [3.63, 3.8) is 0 Å². The van der Waals surface area contributed by atoms with E-state index < -0.39 is 5.92 Å². The maximum atomic E-state index is 13.7. The molecule has 8 nitrogen and oxygen atoms in total. The van der Waals surface area contributed by atoms with Crippen molar-refractivity contribution in [1.29, 1.82) is 0 Å². The Labute approximate surface area is 225 Å². The Morgan fingerprint density at radius 1 is 0.974 bits per heavy atom. The number of fused-ring (bicyclic) bond motifs is 1. The number of thioether (sulfide) groups is 1. The lowest BCUT2D eigenvalue weighted by molar-refractivity contribution is -0.113. The van der Waals surface area contributed by atoms with Crippen LogP contribution in [0.2, 0.25) is 0 Å². The highest BCUT2D eigenvalue weighted by Gasteiger charge is 2.41. The second kappa shape index (κ2) is 10.6. The summed E-state index contributed by atoms with van der Waals surface area (Å²) in [7, 11) is 1.56. The molecule has 5 rings (SSSR count). The van der Waals surface area contributed by atoms with E-state index in [1.807, 2.05) is 57.2 Å². The smallest absolute Gasteiger partial charge is 0.323 e. The molecule has 0 aliphatic carbocycles. The van der Waals surface area contributed by atoms with Crippen LogP contribution in [0.3, 0.4) is 0 Å². The van der Waals surface area contributed by atoms with Crippen LogP contribution in [-0.4, -0.2) is 29.8 Å². The molecule has 1 atom stereocenters. The SMILES string of the molecule is COc1ccccc1NC(=O)C1=C(C)N=C2SCC(NC(=O)Nc3cccc(C)c3C)=C2C1c1ccco1. The summed E-state index contributed by atoms with van der Waals surface area (Å²) in [5.74, 6) is 0.793. The van der Waals surface area contributed by atoms with Crippen LogP contribution in [0.4, 0.5) is 16.2 Å². The molecule has 194 valence electrons. The second-order valence-electron chi connectivity index (χ2n) is 9.03. The average Bonchev–Trinajstić information content (AvgIpc) is 3.57. The molecule has 2 aliphatic rings. The van der Waals surface area contributed by atoms with E-state index in [4.69, 9.17) is 14.1 Å². The number of nitrogens with zero attached hydrogens (tertiary/aromatic N) is 1. The number of furan rings is 1. The van der Waals surface area contributed by atoms with E-state index in [2.05, 4.69) is 16.0 Å². The van der Waals surface area contributed by atoms with E-state index in [9.17, 15) is 9.59 Å². The lowest BCUT2D eigenvalue weighted by Gasteiger charge is -2.26. The minimum atomic E-state index is -0.543. The number of aryl methyl sites for hydroxylation is 1. The Hall–Kier alpha value is -4.24. The number of methoxy groups -OCH3 is 1. The number of ether oxygens (including phenoxy) is 1. The summed E-state index contributed by atoms with van der Waals surface area (Å²) in [6.45, 7) is 5.79. The first-order chi connectivity index (χ1) is 18.4. The monoisotopic (exact) mass is 528 g/mol. The van der Waals surface area contributed by atoms with E-state index in [1.165, 1.54) is 11.8 Å². The highest BCUT2D eigenvalue weighted by atomic mass is 32.2. The number of nitrogens with one attached hydrogen (secondary N) is 3. The lowest BCUT2D eigenvalue weighted by atomic mass is 9.84. The van der Waals surface area contributed by atoms with E-state index in [1.54, 1.807) is 31.6 Å². The third kappa shape index (κ3) is 4.84. The van der Waals surface area contributed by atoms with Crippen molar-refractivity contribution in [3.05, 3.63) is 100 Å². The zero-order chi connectivity index (χ0) is 26.8. The van der Waals surface area contributed by atoms with Gasteiger partial charge in [0, 0.05) is 28.4 Å². The highest BCUT2D eigenvalue weighted by molar-refractivity contribution is 8.15. The predicted molar refractivity (Wildman–Crippen MR) is 151 cm³/mol. The summed E-state index contributed by atoms with van der Waals surface area (Å²) in [4.78, 5) is 31.5. The fourth-order valence-electron chi connectivity index (χ4n) is 4.63. The lowest BCUT2D eigenvalue weighted by Crippen LogP contribution is -2.32. The minimum Gasteiger partial charge on any atom is -0.495 e. The van der Waals surface area contributed by atoms with Crippen molar-refractivity contribution >= 4 is 40.1 Å². The number of amides is 3. The minimum absolute atomic E-state index is 0.320. The number of benzene rings is 2. The van der Waals surface area contributed by atoms with Crippen LogP contribution < -0.4 is 20.7 Å². The van der Waals surface area contributed by atoms with Crippen LogP contribution >= 0.6 is 11.8 Å². The first kappa shape index (κ1) is 25.4. The molecule has 0 saturated heterocycles. The largest absolute Gasteiger partial charge is 0.495 e. The molecule has 2 aliphatic heterocycles. The fraction of sp³-hybridized carbons (Fsp3) is 0.207. The Morgan fingerprint density at radius 3 is 2.53 bits per heavy atom. The van der Waals surface area contributed by atoms with Crippen molar-refractivity contribution in [1.82, 2.24) is 5.32 Å². The van der Waals surface area contributed by atoms with Gasteiger partial charge in [-0.15, -0.1) is 0 Å².